The lowest BCUT2D eigenvalue weighted by Crippen LogP contribution is -2.21. The summed E-state index contributed by atoms with van der Waals surface area (Å²) >= 11 is 0. The maximum Gasteiger partial charge on any atom is 0.192 e. The SMILES string of the molecule is COC1CCC(c2cc(C(C)(C)C)ncc2-c2cc(=O)c3c(C#N)nccc3[nH]2)CC1. The van der Waals surface area contributed by atoms with Crippen LogP contribution < -0.4 is 5.43 Å². The van der Waals surface area contributed by atoms with E-state index in [2.05, 4.69) is 36.8 Å². The lowest BCUT2D eigenvalue weighted by Gasteiger charge is -2.30. The van der Waals surface area contributed by atoms with Crippen LogP contribution in [-0.2, 0) is 10.2 Å². The van der Waals surface area contributed by atoms with Crippen LogP contribution in [0.2, 0.25) is 0 Å². The van der Waals surface area contributed by atoms with Crippen molar-refractivity contribution in [1.29, 1.82) is 5.26 Å². The van der Waals surface area contributed by atoms with Crippen LogP contribution >= 0.6 is 0 Å². The van der Waals surface area contributed by atoms with Crippen molar-refractivity contribution in [2.45, 2.75) is 63.9 Å². The van der Waals surface area contributed by atoms with Crippen molar-refractivity contribution in [3.63, 3.8) is 0 Å². The lowest BCUT2D eigenvalue weighted by atomic mass is 9.79. The van der Waals surface area contributed by atoms with Crippen molar-refractivity contribution >= 4 is 10.9 Å². The molecule has 0 bridgehead atoms. The van der Waals surface area contributed by atoms with Crippen LogP contribution in [0.15, 0.2) is 35.4 Å². The Balaban J connectivity index is 1.87. The molecule has 160 valence electrons. The Labute approximate surface area is 182 Å². The minimum absolute atomic E-state index is 0.0683. The van der Waals surface area contributed by atoms with Gasteiger partial charge in [-0.25, -0.2) is 4.98 Å². The molecule has 0 saturated heterocycles. The van der Waals surface area contributed by atoms with Crippen molar-refractivity contribution in [1.82, 2.24) is 15.0 Å². The summed E-state index contributed by atoms with van der Waals surface area (Å²) in [6, 6.07) is 7.53. The van der Waals surface area contributed by atoms with Crippen LogP contribution in [-0.4, -0.2) is 28.2 Å². The fourth-order valence-electron chi connectivity index (χ4n) is 4.48. The summed E-state index contributed by atoms with van der Waals surface area (Å²) in [4.78, 5) is 25.0. The van der Waals surface area contributed by atoms with Gasteiger partial charge in [-0.15, -0.1) is 0 Å². The zero-order chi connectivity index (χ0) is 22.2. The number of aromatic amines is 1. The second-order valence-corrected chi connectivity index (χ2v) is 9.36. The normalized spacial score (nSPS) is 19.3. The van der Waals surface area contributed by atoms with Gasteiger partial charge < -0.3 is 9.72 Å². The van der Waals surface area contributed by atoms with Gasteiger partial charge in [0, 0.05) is 42.2 Å². The van der Waals surface area contributed by atoms with Gasteiger partial charge in [0.15, 0.2) is 11.1 Å². The number of nitrogens with zero attached hydrogens (tertiary/aromatic N) is 3. The molecule has 31 heavy (non-hydrogen) atoms. The second-order valence-electron chi connectivity index (χ2n) is 9.36. The van der Waals surface area contributed by atoms with Crippen LogP contribution in [0.3, 0.4) is 0 Å². The third-order valence-electron chi connectivity index (χ3n) is 6.29. The maximum absolute atomic E-state index is 12.9. The lowest BCUT2D eigenvalue weighted by molar-refractivity contribution is 0.0659. The summed E-state index contributed by atoms with van der Waals surface area (Å²) in [7, 11) is 1.78. The highest BCUT2D eigenvalue weighted by molar-refractivity contribution is 5.85. The van der Waals surface area contributed by atoms with Crippen LogP contribution in [0.25, 0.3) is 22.2 Å². The van der Waals surface area contributed by atoms with E-state index >= 15 is 0 Å². The highest BCUT2D eigenvalue weighted by Gasteiger charge is 2.27. The van der Waals surface area contributed by atoms with Crippen molar-refractivity contribution < 1.29 is 4.74 Å². The topological polar surface area (TPSA) is 91.7 Å². The summed E-state index contributed by atoms with van der Waals surface area (Å²) in [6.45, 7) is 6.48. The summed E-state index contributed by atoms with van der Waals surface area (Å²) in [6.07, 6.45) is 7.90. The molecule has 3 aromatic rings. The first kappa shape index (κ1) is 21.2. The van der Waals surface area contributed by atoms with Crippen LogP contribution in [0.1, 0.15) is 69.3 Å². The summed E-state index contributed by atoms with van der Waals surface area (Å²) in [5.74, 6) is 0.386. The van der Waals surface area contributed by atoms with Gasteiger partial charge >= 0.3 is 0 Å². The van der Waals surface area contributed by atoms with Crippen molar-refractivity contribution in [2.75, 3.05) is 7.11 Å². The molecule has 3 heterocycles. The Morgan fingerprint density at radius 2 is 1.90 bits per heavy atom. The minimum Gasteiger partial charge on any atom is -0.381 e. The van der Waals surface area contributed by atoms with Crippen molar-refractivity contribution in [3.05, 3.63) is 57.8 Å². The van der Waals surface area contributed by atoms with Gasteiger partial charge in [-0.05, 0) is 49.3 Å². The third kappa shape index (κ3) is 4.11. The predicted molar refractivity (Wildman–Crippen MR) is 121 cm³/mol. The van der Waals surface area contributed by atoms with E-state index < -0.39 is 0 Å². The molecule has 6 heteroatoms. The number of hydrogen-bond donors (Lipinski definition) is 1. The number of nitrogens with one attached hydrogen (secondary N) is 1. The average Bonchev–Trinajstić information content (AvgIpc) is 2.77. The van der Waals surface area contributed by atoms with Gasteiger partial charge in [0.25, 0.3) is 0 Å². The molecule has 0 unspecified atom stereocenters. The van der Waals surface area contributed by atoms with Gasteiger partial charge in [-0.2, -0.15) is 5.26 Å². The molecule has 0 amide bonds. The van der Waals surface area contributed by atoms with E-state index in [1.165, 1.54) is 5.56 Å². The number of fused-ring (bicyclic) bond motifs is 1. The molecular weight excluding hydrogens is 388 g/mol. The van der Waals surface area contributed by atoms with E-state index in [0.717, 1.165) is 42.6 Å². The van der Waals surface area contributed by atoms with Gasteiger partial charge in [0.05, 0.1) is 22.7 Å². The van der Waals surface area contributed by atoms with Crippen molar-refractivity contribution in [3.8, 4) is 17.3 Å². The van der Waals surface area contributed by atoms with E-state index in [1.54, 1.807) is 25.4 Å². The van der Waals surface area contributed by atoms with Gasteiger partial charge in [0.1, 0.15) is 6.07 Å². The molecule has 0 radical (unpaired) electrons. The fraction of sp³-hybridized carbons (Fsp3) is 0.440. The third-order valence-corrected chi connectivity index (χ3v) is 6.29. The number of nitriles is 1. The van der Waals surface area contributed by atoms with Crippen molar-refractivity contribution in [2.24, 2.45) is 0 Å². The molecule has 0 spiro atoms. The first-order valence-corrected chi connectivity index (χ1v) is 10.8. The first-order chi connectivity index (χ1) is 14.8. The Morgan fingerprint density at radius 1 is 1.16 bits per heavy atom. The largest absolute Gasteiger partial charge is 0.381 e. The highest BCUT2D eigenvalue weighted by Crippen LogP contribution is 2.39. The predicted octanol–water partition coefficient (Wildman–Crippen LogP) is 4.83. The number of rotatable bonds is 3. The van der Waals surface area contributed by atoms with E-state index in [9.17, 15) is 10.1 Å². The molecule has 1 saturated carbocycles. The monoisotopic (exact) mass is 416 g/mol. The standard InChI is InChI=1S/C25H28N4O2/c1-25(2,3)23-11-17(15-5-7-16(31-4)8-6-15)18(14-28-23)20-12-22(30)24-19(29-20)9-10-27-21(24)13-26/h9-12,14-16H,5-8H2,1-4H3,(H,29,30). The van der Waals surface area contributed by atoms with Gasteiger partial charge in [-0.1, -0.05) is 20.8 Å². The molecule has 0 atom stereocenters. The molecule has 1 fully saturated rings. The van der Waals surface area contributed by atoms with E-state index in [0.29, 0.717) is 22.9 Å². The smallest absolute Gasteiger partial charge is 0.192 e. The summed E-state index contributed by atoms with van der Waals surface area (Å²) < 4.78 is 5.56. The Kier molecular flexibility index (Phi) is 5.63. The van der Waals surface area contributed by atoms with E-state index in [1.807, 2.05) is 12.3 Å². The molecule has 1 aliphatic rings. The summed E-state index contributed by atoms with van der Waals surface area (Å²) in [5.41, 5.74) is 4.42. The van der Waals surface area contributed by atoms with Crippen LogP contribution in [0, 0.1) is 11.3 Å². The number of methoxy groups -OCH3 is 1. The molecule has 4 rings (SSSR count). The molecule has 1 aliphatic carbocycles. The minimum atomic E-state index is -0.206. The first-order valence-electron chi connectivity index (χ1n) is 10.8. The van der Waals surface area contributed by atoms with Crippen LogP contribution in [0.4, 0.5) is 0 Å². The van der Waals surface area contributed by atoms with Gasteiger partial charge in [0.2, 0.25) is 0 Å². The Hall–Kier alpha value is -3.04. The maximum atomic E-state index is 12.9. The van der Waals surface area contributed by atoms with E-state index in [-0.39, 0.29) is 16.5 Å². The average molecular weight is 417 g/mol. The second kappa shape index (κ2) is 8.24. The molecule has 3 aromatic heterocycles. The fourth-order valence-corrected chi connectivity index (χ4v) is 4.48. The molecule has 1 N–H and O–H groups in total. The van der Waals surface area contributed by atoms with Gasteiger partial charge in [-0.3, -0.25) is 9.78 Å². The number of ether oxygens (including phenoxy) is 1. The number of pyridine rings is 3. The Morgan fingerprint density at radius 3 is 2.55 bits per heavy atom. The molecular formula is C25H28N4O2. The highest BCUT2D eigenvalue weighted by atomic mass is 16.5. The quantitative estimate of drug-likeness (QED) is 0.660. The van der Waals surface area contributed by atoms with Crippen LogP contribution in [0.5, 0.6) is 0 Å². The zero-order valence-corrected chi connectivity index (χ0v) is 18.5. The molecule has 0 aromatic carbocycles. The summed E-state index contributed by atoms with van der Waals surface area (Å²) in [5, 5.41) is 9.65. The zero-order valence-electron chi connectivity index (χ0n) is 18.5. The number of hydrogen-bond acceptors (Lipinski definition) is 5. The number of H-pyrrole nitrogens is 1. The molecule has 6 nitrogen and oxygen atoms in total. The Bertz CT molecular complexity index is 1210. The van der Waals surface area contributed by atoms with E-state index in [4.69, 9.17) is 9.72 Å². The molecule has 0 aliphatic heterocycles. The number of aromatic nitrogens is 3.